The summed E-state index contributed by atoms with van der Waals surface area (Å²) in [6.07, 6.45) is 1.75. The first kappa shape index (κ1) is 11.2. The second-order valence-corrected chi connectivity index (χ2v) is 4.35. The smallest absolute Gasteiger partial charge is 0.177 e. The Morgan fingerprint density at radius 1 is 1.06 bits per heavy atom. The molecule has 2 heterocycles. The van der Waals surface area contributed by atoms with Gasteiger partial charge in [-0.2, -0.15) is 0 Å². The van der Waals surface area contributed by atoms with Crippen molar-refractivity contribution in [1.82, 2.24) is 14.5 Å². The summed E-state index contributed by atoms with van der Waals surface area (Å²) >= 11 is 5.96. The van der Waals surface area contributed by atoms with Gasteiger partial charge in [0.15, 0.2) is 5.65 Å². The summed E-state index contributed by atoms with van der Waals surface area (Å²) in [5.74, 6) is 1.25. The number of aromatic nitrogens is 3. The molecule has 3 nitrogen and oxygen atoms in total. The maximum absolute atomic E-state index is 5.96. The van der Waals surface area contributed by atoms with Gasteiger partial charge in [0.1, 0.15) is 5.82 Å². The number of nitrogens with zero attached hydrogens (tertiary/aromatic N) is 3. The summed E-state index contributed by atoms with van der Waals surface area (Å²) in [5, 5.41) is 0. The number of rotatable bonds is 3. The van der Waals surface area contributed by atoms with Crippen LogP contribution >= 0.6 is 11.6 Å². The fourth-order valence-electron chi connectivity index (χ4n) is 2.05. The van der Waals surface area contributed by atoms with Crippen LogP contribution in [-0.4, -0.2) is 14.5 Å². The molecule has 0 aliphatic heterocycles. The van der Waals surface area contributed by atoms with Crippen LogP contribution < -0.4 is 0 Å². The van der Waals surface area contributed by atoms with Gasteiger partial charge >= 0.3 is 0 Å². The molecule has 3 aromatic rings. The van der Waals surface area contributed by atoms with Crippen LogP contribution in [-0.2, 0) is 12.4 Å². The summed E-state index contributed by atoms with van der Waals surface area (Å²) in [5.41, 5.74) is 3.01. The average molecular weight is 258 g/mol. The Kier molecular flexibility index (Phi) is 2.99. The van der Waals surface area contributed by atoms with Gasteiger partial charge in [-0.15, -0.1) is 11.6 Å². The van der Waals surface area contributed by atoms with Crippen LogP contribution in [0.15, 0.2) is 48.7 Å². The molecular formula is C14H12ClN3. The van der Waals surface area contributed by atoms with Crippen LogP contribution in [0.3, 0.4) is 0 Å². The third kappa shape index (κ3) is 1.97. The SMILES string of the molecule is ClCc1nc2ncccc2n1Cc1ccccc1. The zero-order valence-electron chi connectivity index (χ0n) is 9.75. The van der Waals surface area contributed by atoms with Crippen molar-refractivity contribution in [2.75, 3.05) is 0 Å². The summed E-state index contributed by atoms with van der Waals surface area (Å²) < 4.78 is 2.12. The molecule has 0 fully saturated rings. The second kappa shape index (κ2) is 4.78. The lowest BCUT2D eigenvalue weighted by molar-refractivity contribution is 0.779. The zero-order chi connectivity index (χ0) is 12.4. The van der Waals surface area contributed by atoms with Crippen LogP contribution in [0.1, 0.15) is 11.4 Å². The van der Waals surface area contributed by atoms with E-state index in [9.17, 15) is 0 Å². The molecule has 2 aromatic heterocycles. The van der Waals surface area contributed by atoms with E-state index in [1.54, 1.807) is 6.20 Å². The molecule has 0 radical (unpaired) electrons. The molecule has 0 N–H and O–H groups in total. The highest BCUT2D eigenvalue weighted by atomic mass is 35.5. The van der Waals surface area contributed by atoms with Gasteiger partial charge in [-0.25, -0.2) is 9.97 Å². The summed E-state index contributed by atoms with van der Waals surface area (Å²) in [4.78, 5) is 8.71. The molecule has 3 rings (SSSR count). The Labute approximate surface area is 110 Å². The van der Waals surface area contributed by atoms with Crippen molar-refractivity contribution < 1.29 is 0 Å². The van der Waals surface area contributed by atoms with Gasteiger partial charge in [0.05, 0.1) is 11.4 Å². The molecule has 1 aromatic carbocycles. The van der Waals surface area contributed by atoms with Crippen LogP contribution in [0.4, 0.5) is 0 Å². The van der Waals surface area contributed by atoms with E-state index in [1.807, 2.05) is 30.3 Å². The first-order valence-corrected chi connectivity index (χ1v) is 6.32. The van der Waals surface area contributed by atoms with Gasteiger partial charge in [0, 0.05) is 12.7 Å². The fourth-order valence-corrected chi connectivity index (χ4v) is 2.26. The van der Waals surface area contributed by atoms with Crippen LogP contribution in [0, 0.1) is 0 Å². The molecule has 4 heteroatoms. The minimum atomic E-state index is 0.392. The normalized spacial score (nSPS) is 10.9. The molecule has 0 atom stereocenters. The van der Waals surface area contributed by atoms with Crippen molar-refractivity contribution in [1.29, 1.82) is 0 Å². The average Bonchev–Trinajstić information content (AvgIpc) is 2.78. The molecule has 90 valence electrons. The quantitative estimate of drug-likeness (QED) is 0.675. The Bertz CT molecular complexity index is 661. The first-order valence-electron chi connectivity index (χ1n) is 5.78. The highest BCUT2D eigenvalue weighted by molar-refractivity contribution is 6.16. The van der Waals surface area contributed by atoms with E-state index in [0.29, 0.717) is 5.88 Å². The summed E-state index contributed by atoms with van der Waals surface area (Å²) in [7, 11) is 0. The maximum Gasteiger partial charge on any atom is 0.177 e. The first-order chi connectivity index (χ1) is 8.88. The lowest BCUT2D eigenvalue weighted by atomic mass is 10.2. The van der Waals surface area contributed by atoms with E-state index in [0.717, 1.165) is 23.5 Å². The lowest BCUT2D eigenvalue weighted by Crippen LogP contribution is -2.03. The number of halogens is 1. The van der Waals surface area contributed by atoms with Gasteiger partial charge in [-0.3, -0.25) is 0 Å². The fraction of sp³-hybridized carbons (Fsp3) is 0.143. The van der Waals surface area contributed by atoms with Gasteiger partial charge in [-0.1, -0.05) is 30.3 Å². The Morgan fingerprint density at radius 3 is 2.67 bits per heavy atom. The van der Waals surface area contributed by atoms with Crippen molar-refractivity contribution in [2.24, 2.45) is 0 Å². The number of hydrogen-bond donors (Lipinski definition) is 0. The predicted molar refractivity (Wildman–Crippen MR) is 72.6 cm³/mol. The molecule has 0 aliphatic rings. The molecule has 18 heavy (non-hydrogen) atoms. The monoisotopic (exact) mass is 257 g/mol. The Morgan fingerprint density at radius 2 is 1.89 bits per heavy atom. The van der Waals surface area contributed by atoms with Crippen molar-refractivity contribution in [3.8, 4) is 0 Å². The molecule has 0 amide bonds. The summed E-state index contributed by atoms with van der Waals surface area (Å²) in [6.45, 7) is 0.769. The number of fused-ring (bicyclic) bond motifs is 1. The van der Waals surface area contributed by atoms with E-state index in [4.69, 9.17) is 11.6 Å². The zero-order valence-corrected chi connectivity index (χ0v) is 10.5. The standard InChI is InChI=1S/C14H12ClN3/c15-9-13-17-14-12(7-4-8-16-14)18(13)10-11-5-2-1-3-6-11/h1-8H,9-10H2. The molecule has 0 saturated heterocycles. The van der Waals surface area contributed by atoms with Gasteiger partial charge < -0.3 is 4.57 Å². The van der Waals surface area contributed by atoms with Gasteiger partial charge in [0.2, 0.25) is 0 Å². The van der Waals surface area contributed by atoms with Crippen LogP contribution in [0.25, 0.3) is 11.2 Å². The third-order valence-corrected chi connectivity index (χ3v) is 3.15. The van der Waals surface area contributed by atoms with Crippen molar-refractivity contribution in [3.63, 3.8) is 0 Å². The number of hydrogen-bond acceptors (Lipinski definition) is 2. The highest BCUT2D eigenvalue weighted by Gasteiger charge is 2.10. The van der Waals surface area contributed by atoms with Gasteiger partial charge in [-0.05, 0) is 17.7 Å². The predicted octanol–water partition coefficient (Wildman–Crippen LogP) is 3.22. The highest BCUT2D eigenvalue weighted by Crippen LogP contribution is 2.17. The van der Waals surface area contributed by atoms with E-state index in [-0.39, 0.29) is 0 Å². The van der Waals surface area contributed by atoms with E-state index < -0.39 is 0 Å². The van der Waals surface area contributed by atoms with Gasteiger partial charge in [0.25, 0.3) is 0 Å². The maximum atomic E-state index is 5.96. The second-order valence-electron chi connectivity index (χ2n) is 4.08. The van der Waals surface area contributed by atoms with Crippen LogP contribution in [0.5, 0.6) is 0 Å². The molecule has 0 aliphatic carbocycles. The largest absolute Gasteiger partial charge is 0.321 e. The van der Waals surface area contributed by atoms with Crippen molar-refractivity contribution >= 4 is 22.8 Å². The lowest BCUT2D eigenvalue weighted by Gasteiger charge is -2.07. The molecule has 0 spiro atoms. The number of alkyl halides is 1. The number of pyridine rings is 1. The minimum Gasteiger partial charge on any atom is -0.321 e. The molecular weight excluding hydrogens is 246 g/mol. The minimum absolute atomic E-state index is 0.392. The van der Waals surface area contributed by atoms with Crippen molar-refractivity contribution in [2.45, 2.75) is 12.4 Å². The van der Waals surface area contributed by atoms with E-state index in [1.165, 1.54) is 5.56 Å². The molecule has 0 unspecified atom stereocenters. The molecule has 0 bridgehead atoms. The van der Waals surface area contributed by atoms with E-state index >= 15 is 0 Å². The van der Waals surface area contributed by atoms with Crippen LogP contribution in [0.2, 0.25) is 0 Å². The topological polar surface area (TPSA) is 30.7 Å². The third-order valence-electron chi connectivity index (χ3n) is 2.91. The number of imidazole rings is 1. The van der Waals surface area contributed by atoms with Crippen molar-refractivity contribution in [3.05, 3.63) is 60.0 Å². The Hall–Kier alpha value is -1.87. The molecule has 0 saturated carbocycles. The summed E-state index contributed by atoms with van der Waals surface area (Å²) in [6, 6.07) is 14.2. The number of benzene rings is 1. The Balaban J connectivity index is 2.10. The van der Waals surface area contributed by atoms with E-state index in [2.05, 4.69) is 26.7 Å².